The molecule has 0 atom stereocenters. The van der Waals surface area contributed by atoms with Crippen LogP contribution in [0.25, 0.3) is 0 Å². The molecule has 0 saturated heterocycles. The van der Waals surface area contributed by atoms with Crippen molar-refractivity contribution < 1.29 is 23.9 Å². The van der Waals surface area contributed by atoms with Crippen LogP contribution in [0, 0.1) is 23.2 Å². The highest BCUT2D eigenvalue weighted by Crippen LogP contribution is 2.61. The lowest BCUT2D eigenvalue weighted by atomic mass is 9.49. The second-order valence-electron chi connectivity index (χ2n) is 9.67. The summed E-state index contributed by atoms with van der Waals surface area (Å²) in [5.74, 6) is 0.767. The lowest BCUT2D eigenvalue weighted by molar-refractivity contribution is -0.148. The van der Waals surface area contributed by atoms with Crippen LogP contribution >= 0.6 is 11.3 Å². The number of hydrogen-bond donors (Lipinski definition) is 3. The average Bonchev–Trinajstić information content (AvgIpc) is 3.23. The number of ether oxygens (including phenoxy) is 1. The summed E-state index contributed by atoms with van der Waals surface area (Å²) in [6, 6.07) is 3.27. The summed E-state index contributed by atoms with van der Waals surface area (Å²) in [5.41, 5.74) is 0.111. The third kappa shape index (κ3) is 6.09. The molecule has 4 bridgehead atoms. The third-order valence-corrected chi connectivity index (χ3v) is 7.92. The molecule has 5 rings (SSSR count). The van der Waals surface area contributed by atoms with Gasteiger partial charge in [-0.2, -0.15) is 0 Å². The molecule has 174 valence electrons. The van der Waals surface area contributed by atoms with E-state index in [1.807, 2.05) is 17.5 Å². The smallest absolute Gasteiger partial charge is 0.325 e. The van der Waals surface area contributed by atoms with Crippen molar-refractivity contribution in [3.8, 4) is 0 Å². The fourth-order valence-electron chi connectivity index (χ4n) is 6.24. The Balaban J connectivity index is 1.08. The Hall–Kier alpha value is -2.42. The van der Waals surface area contributed by atoms with Crippen molar-refractivity contribution in [1.82, 2.24) is 16.0 Å². The number of esters is 1. The van der Waals surface area contributed by atoms with Crippen LogP contribution in [0.4, 0.5) is 4.79 Å². The number of urea groups is 1. The number of hydrogen-bond acceptors (Lipinski definition) is 6. The molecule has 0 spiro atoms. The van der Waals surface area contributed by atoms with Gasteiger partial charge >= 0.3 is 12.0 Å². The van der Waals surface area contributed by atoms with Gasteiger partial charge in [-0.1, -0.05) is 6.07 Å². The second-order valence-corrected chi connectivity index (χ2v) is 10.7. The third-order valence-electron chi connectivity index (χ3n) is 6.98. The predicted octanol–water partition coefficient (Wildman–Crippen LogP) is 2.38. The molecule has 1 aromatic heterocycles. The van der Waals surface area contributed by atoms with E-state index in [0.717, 1.165) is 41.9 Å². The van der Waals surface area contributed by atoms with Gasteiger partial charge in [0.25, 0.3) is 5.91 Å². The van der Waals surface area contributed by atoms with Crippen molar-refractivity contribution in [2.75, 3.05) is 19.7 Å². The Kier molecular flexibility index (Phi) is 7.13. The van der Waals surface area contributed by atoms with E-state index in [0.29, 0.717) is 19.4 Å². The quantitative estimate of drug-likeness (QED) is 0.489. The van der Waals surface area contributed by atoms with Crippen molar-refractivity contribution in [3.63, 3.8) is 0 Å². The molecular weight excluding hydrogens is 430 g/mol. The lowest BCUT2D eigenvalue weighted by Crippen LogP contribution is -2.48. The minimum Gasteiger partial charge on any atom is -0.454 e. The maximum absolute atomic E-state index is 12.5. The van der Waals surface area contributed by atoms with E-state index in [4.69, 9.17) is 4.74 Å². The van der Waals surface area contributed by atoms with Gasteiger partial charge in [0.2, 0.25) is 5.91 Å². The van der Waals surface area contributed by atoms with Crippen molar-refractivity contribution in [2.45, 2.75) is 51.4 Å². The minimum absolute atomic E-state index is 0.111. The lowest BCUT2D eigenvalue weighted by Gasteiger charge is -2.56. The van der Waals surface area contributed by atoms with E-state index in [-0.39, 0.29) is 17.9 Å². The first kappa shape index (κ1) is 22.8. The van der Waals surface area contributed by atoms with Crippen LogP contribution in [0.1, 0.15) is 49.8 Å². The monoisotopic (exact) mass is 461 g/mol. The van der Waals surface area contributed by atoms with E-state index in [1.165, 1.54) is 19.3 Å². The van der Waals surface area contributed by atoms with Crippen molar-refractivity contribution in [2.24, 2.45) is 23.2 Å². The number of amides is 4. The molecule has 4 aliphatic carbocycles. The van der Waals surface area contributed by atoms with Gasteiger partial charge in [-0.15, -0.1) is 11.3 Å². The highest BCUT2D eigenvalue weighted by Gasteiger charge is 2.51. The highest BCUT2D eigenvalue weighted by molar-refractivity contribution is 7.09. The molecule has 0 unspecified atom stereocenters. The zero-order chi connectivity index (χ0) is 22.6. The van der Waals surface area contributed by atoms with Crippen LogP contribution in [0.2, 0.25) is 0 Å². The molecule has 4 fully saturated rings. The average molecular weight is 462 g/mol. The molecule has 1 aromatic rings. The maximum atomic E-state index is 12.5. The SMILES string of the molecule is O=C(CC12CC3CC(CC(C3)C1)C2)NCC(=O)OCC(=O)NC(=O)NCCc1cccs1. The molecule has 0 radical (unpaired) electrons. The van der Waals surface area contributed by atoms with Gasteiger partial charge in [-0.25, -0.2) is 4.79 Å². The summed E-state index contributed by atoms with van der Waals surface area (Å²) in [6.45, 7) is -0.442. The number of rotatable bonds is 9. The zero-order valence-corrected chi connectivity index (χ0v) is 19.0. The zero-order valence-electron chi connectivity index (χ0n) is 18.2. The van der Waals surface area contributed by atoms with Gasteiger partial charge in [0.05, 0.1) is 0 Å². The van der Waals surface area contributed by atoms with E-state index in [2.05, 4.69) is 16.0 Å². The molecule has 1 heterocycles. The Morgan fingerprint density at radius 1 is 1.00 bits per heavy atom. The van der Waals surface area contributed by atoms with Crippen molar-refractivity contribution >= 4 is 35.2 Å². The number of carbonyl (C=O) groups is 4. The number of imide groups is 1. The first-order chi connectivity index (χ1) is 15.4. The Labute approximate surface area is 191 Å². The highest BCUT2D eigenvalue weighted by atomic mass is 32.1. The number of thiophene rings is 1. The summed E-state index contributed by atoms with van der Waals surface area (Å²) in [4.78, 5) is 49.0. The van der Waals surface area contributed by atoms with Gasteiger partial charge in [-0.05, 0) is 79.6 Å². The molecule has 0 aromatic carbocycles. The fraction of sp³-hybridized carbons (Fsp3) is 0.652. The Morgan fingerprint density at radius 2 is 1.69 bits per heavy atom. The largest absolute Gasteiger partial charge is 0.454 e. The molecule has 0 aliphatic heterocycles. The molecule has 9 heteroatoms. The van der Waals surface area contributed by atoms with E-state index in [1.54, 1.807) is 11.3 Å². The van der Waals surface area contributed by atoms with E-state index < -0.39 is 24.5 Å². The van der Waals surface area contributed by atoms with Gasteiger partial charge in [0, 0.05) is 17.8 Å². The normalized spacial score (nSPS) is 27.6. The summed E-state index contributed by atoms with van der Waals surface area (Å²) in [7, 11) is 0. The first-order valence-corrected chi connectivity index (χ1v) is 12.3. The number of nitrogens with one attached hydrogen (secondary N) is 3. The number of carbonyl (C=O) groups excluding carboxylic acids is 4. The van der Waals surface area contributed by atoms with E-state index >= 15 is 0 Å². The van der Waals surface area contributed by atoms with Gasteiger partial charge in [-0.3, -0.25) is 19.7 Å². The van der Waals surface area contributed by atoms with Crippen molar-refractivity contribution in [1.29, 1.82) is 0 Å². The molecule has 32 heavy (non-hydrogen) atoms. The van der Waals surface area contributed by atoms with Crippen LogP contribution in [-0.4, -0.2) is 43.5 Å². The summed E-state index contributed by atoms with van der Waals surface area (Å²) >= 11 is 1.60. The van der Waals surface area contributed by atoms with E-state index in [9.17, 15) is 19.2 Å². The first-order valence-electron chi connectivity index (χ1n) is 11.4. The van der Waals surface area contributed by atoms with Gasteiger partial charge in [0.1, 0.15) is 6.54 Å². The van der Waals surface area contributed by atoms with Crippen LogP contribution in [0.3, 0.4) is 0 Å². The van der Waals surface area contributed by atoms with Crippen molar-refractivity contribution in [3.05, 3.63) is 22.4 Å². The van der Waals surface area contributed by atoms with Crippen LogP contribution < -0.4 is 16.0 Å². The van der Waals surface area contributed by atoms with Crippen LogP contribution in [-0.2, 0) is 25.5 Å². The summed E-state index contributed by atoms with van der Waals surface area (Å²) < 4.78 is 4.87. The topological polar surface area (TPSA) is 114 Å². The summed E-state index contributed by atoms with van der Waals surface area (Å²) in [5, 5.41) is 9.29. The minimum atomic E-state index is -0.716. The fourth-order valence-corrected chi connectivity index (χ4v) is 6.95. The molecular formula is C23H31N3O5S. The molecule has 3 N–H and O–H groups in total. The Bertz CT molecular complexity index is 819. The Morgan fingerprint density at radius 3 is 2.31 bits per heavy atom. The summed E-state index contributed by atoms with van der Waals surface area (Å²) in [6.07, 6.45) is 8.50. The second kappa shape index (κ2) is 10.0. The predicted molar refractivity (Wildman–Crippen MR) is 119 cm³/mol. The van der Waals surface area contributed by atoms with Gasteiger partial charge in [0.15, 0.2) is 6.61 Å². The van der Waals surface area contributed by atoms with Crippen LogP contribution in [0.15, 0.2) is 17.5 Å². The van der Waals surface area contributed by atoms with Crippen LogP contribution in [0.5, 0.6) is 0 Å². The maximum Gasteiger partial charge on any atom is 0.325 e. The molecule has 4 saturated carbocycles. The molecule has 8 nitrogen and oxygen atoms in total. The standard InChI is InChI=1S/C23H31N3O5S/c27-19(12-23-9-15-6-16(10-23)8-17(7-15)11-23)25-13-21(29)31-14-20(28)26-22(30)24-4-3-18-2-1-5-32-18/h1-2,5,15-17H,3-4,6-14H2,(H,25,27)(H2,24,26,28,30). The molecule has 4 aliphatic rings. The molecule has 4 amide bonds. The van der Waals surface area contributed by atoms with Gasteiger partial charge < -0.3 is 15.4 Å².